The molecule has 0 spiro atoms. The van der Waals surface area contributed by atoms with Crippen molar-refractivity contribution in [2.75, 3.05) is 6.54 Å². The van der Waals surface area contributed by atoms with Crippen molar-refractivity contribution in [3.8, 4) is 0 Å². The Bertz CT molecular complexity index is 699. The van der Waals surface area contributed by atoms with E-state index in [1.54, 1.807) is 20.8 Å². The molecule has 7 N–H and O–H groups in total. The van der Waals surface area contributed by atoms with Gasteiger partial charge >= 0.3 is 5.97 Å². The van der Waals surface area contributed by atoms with Gasteiger partial charge in [-0.25, -0.2) is 0 Å². The molecule has 0 aromatic rings. The summed E-state index contributed by atoms with van der Waals surface area (Å²) in [6.45, 7) is 11.7. The lowest BCUT2D eigenvalue weighted by Crippen LogP contribution is -2.59. The van der Waals surface area contributed by atoms with E-state index < -0.39 is 60.3 Å². The first-order valence-corrected chi connectivity index (χ1v) is 11.4. The van der Waals surface area contributed by atoms with Crippen molar-refractivity contribution in [2.45, 2.75) is 85.5 Å². The zero-order valence-corrected chi connectivity index (χ0v) is 20.7. The summed E-state index contributed by atoms with van der Waals surface area (Å²) in [5.41, 5.74) is 5.90. The second-order valence-electron chi connectivity index (χ2n) is 8.86. The number of carbonyl (C=O) groups is 5. The van der Waals surface area contributed by atoms with E-state index in [1.807, 2.05) is 20.8 Å². The van der Waals surface area contributed by atoms with Gasteiger partial charge in [-0.1, -0.05) is 54.4 Å². The first-order valence-electron chi connectivity index (χ1n) is 11.4. The average molecular weight is 472 g/mol. The number of aliphatic carboxylic acids is 1. The van der Waals surface area contributed by atoms with Crippen molar-refractivity contribution in [3.05, 3.63) is 0 Å². The maximum absolute atomic E-state index is 12.9. The van der Waals surface area contributed by atoms with Crippen LogP contribution in [-0.4, -0.2) is 65.4 Å². The molecule has 0 aromatic heterocycles. The summed E-state index contributed by atoms with van der Waals surface area (Å²) in [7, 11) is 0. The van der Waals surface area contributed by atoms with Gasteiger partial charge < -0.3 is 32.1 Å². The van der Waals surface area contributed by atoms with Crippen molar-refractivity contribution in [3.63, 3.8) is 0 Å². The first-order chi connectivity index (χ1) is 15.3. The van der Waals surface area contributed by atoms with Crippen molar-refractivity contribution in [1.82, 2.24) is 21.3 Å². The molecule has 0 aliphatic heterocycles. The number of nitrogens with two attached hydrogens (primary N) is 1. The number of rotatable bonds is 14. The fraction of sp³-hybridized carbons (Fsp3) is 0.773. The summed E-state index contributed by atoms with van der Waals surface area (Å²) < 4.78 is 0. The van der Waals surface area contributed by atoms with Gasteiger partial charge in [0.1, 0.15) is 24.7 Å². The van der Waals surface area contributed by atoms with E-state index in [-0.39, 0.29) is 17.8 Å². The predicted molar refractivity (Wildman–Crippen MR) is 124 cm³/mol. The van der Waals surface area contributed by atoms with Crippen LogP contribution in [0.5, 0.6) is 0 Å². The van der Waals surface area contributed by atoms with Crippen LogP contribution in [0.2, 0.25) is 0 Å². The molecule has 4 amide bonds. The van der Waals surface area contributed by atoms with E-state index in [0.717, 1.165) is 0 Å². The molecule has 0 saturated carbocycles. The van der Waals surface area contributed by atoms with E-state index in [1.165, 1.54) is 6.92 Å². The van der Waals surface area contributed by atoms with Gasteiger partial charge in [0, 0.05) is 0 Å². The number of hydrogen-bond acceptors (Lipinski definition) is 6. The molecule has 11 heteroatoms. The lowest BCUT2D eigenvalue weighted by Gasteiger charge is -2.29. The van der Waals surface area contributed by atoms with Crippen molar-refractivity contribution < 1.29 is 29.1 Å². The number of carboxylic acid groups (broad SMARTS) is 1. The molecular formula is C22H41N5O6. The Morgan fingerprint density at radius 1 is 0.727 bits per heavy atom. The third-order valence-corrected chi connectivity index (χ3v) is 5.77. The lowest BCUT2D eigenvalue weighted by molar-refractivity contribution is -0.139. The smallest absolute Gasteiger partial charge is 0.322 e. The molecule has 0 radical (unpaired) electrons. The number of hydrogen-bond donors (Lipinski definition) is 6. The van der Waals surface area contributed by atoms with Gasteiger partial charge in [-0.05, 0) is 24.7 Å². The molecule has 0 aromatic carbocycles. The molecule has 190 valence electrons. The molecule has 0 rings (SSSR count). The quantitative estimate of drug-likeness (QED) is 0.202. The van der Waals surface area contributed by atoms with Crippen LogP contribution in [0, 0.1) is 17.8 Å². The molecule has 0 fully saturated rings. The minimum atomic E-state index is -1.20. The van der Waals surface area contributed by atoms with E-state index in [9.17, 15) is 24.0 Å². The standard InChI is InChI=1S/C22H41N5O6/c1-8-12(5)16(23)20(31)25-14(7)19(30)26-17(11(3)4)22(33)27-18(13(6)9-2)21(32)24-10-15(28)29/h11-14,16-18H,8-10,23H2,1-7H3,(H,24,32)(H,25,31)(H,26,30)(H,27,33)(H,28,29)/t12-,13-,14-,16-,17-,18-/m0/s1. The summed E-state index contributed by atoms with van der Waals surface area (Å²) in [4.78, 5) is 61.1. The molecule has 0 saturated heterocycles. The summed E-state index contributed by atoms with van der Waals surface area (Å²) >= 11 is 0. The molecule has 0 aliphatic carbocycles. The Labute approximate surface area is 196 Å². The SMILES string of the molecule is CC[C@H](C)[C@H](N)C(=O)N[C@@H](C)C(=O)N[C@H](C(=O)N[C@H](C(=O)NCC(=O)O)[C@@H](C)CC)C(C)C. The second kappa shape index (κ2) is 14.5. The fourth-order valence-electron chi connectivity index (χ4n) is 2.92. The highest BCUT2D eigenvalue weighted by Crippen LogP contribution is 2.11. The highest BCUT2D eigenvalue weighted by atomic mass is 16.4. The van der Waals surface area contributed by atoms with Gasteiger partial charge in [-0.15, -0.1) is 0 Å². The summed E-state index contributed by atoms with van der Waals surface area (Å²) in [6, 6.07) is -3.62. The lowest BCUT2D eigenvalue weighted by atomic mass is 9.96. The Morgan fingerprint density at radius 3 is 1.70 bits per heavy atom. The van der Waals surface area contributed by atoms with Gasteiger partial charge in [0.15, 0.2) is 0 Å². The van der Waals surface area contributed by atoms with Crippen molar-refractivity contribution in [1.29, 1.82) is 0 Å². The maximum Gasteiger partial charge on any atom is 0.322 e. The number of carboxylic acids is 1. The topological polar surface area (TPSA) is 180 Å². The minimum absolute atomic E-state index is 0.0563. The highest BCUT2D eigenvalue weighted by molar-refractivity contribution is 5.95. The zero-order valence-electron chi connectivity index (χ0n) is 20.7. The third-order valence-electron chi connectivity index (χ3n) is 5.77. The van der Waals surface area contributed by atoms with Crippen LogP contribution in [0.1, 0.15) is 61.3 Å². The Morgan fingerprint density at radius 2 is 1.24 bits per heavy atom. The van der Waals surface area contributed by atoms with Gasteiger partial charge in [-0.2, -0.15) is 0 Å². The predicted octanol–water partition coefficient (Wildman–Crippen LogP) is -0.263. The highest BCUT2D eigenvalue weighted by Gasteiger charge is 2.32. The summed E-state index contributed by atoms with van der Waals surface area (Å²) in [6.07, 6.45) is 1.27. The number of amides is 4. The van der Waals surface area contributed by atoms with E-state index >= 15 is 0 Å². The molecule has 33 heavy (non-hydrogen) atoms. The minimum Gasteiger partial charge on any atom is -0.480 e. The molecule has 0 heterocycles. The van der Waals surface area contributed by atoms with Crippen LogP contribution >= 0.6 is 0 Å². The molecule has 0 aliphatic rings. The molecule has 0 unspecified atom stereocenters. The van der Waals surface area contributed by atoms with E-state index in [0.29, 0.717) is 12.8 Å². The van der Waals surface area contributed by atoms with Crippen LogP contribution in [0.4, 0.5) is 0 Å². The number of carbonyl (C=O) groups excluding carboxylic acids is 4. The molecule has 6 atom stereocenters. The summed E-state index contributed by atoms with van der Waals surface area (Å²) in [5, 5.41) is 18.9. The van der Waals surface area contributed by atoms with E-state index in [2.05, 4.69) is 21.3 Å². The average Bonchev–Trinajstić information content (AvgIpc) is 2.76. The van der Waals surface area contributed by atoms with Crippen LogP contribution in [0.25, 0.3) is 0 Å². The first kappa shape index (κ1) is 30.3. The fourth-order valence-corrected chi connectivity index (χ4v) is 2.92. The van der Waals surface area contributed by atoms with Crippen LogP contribution in [0.15, 0.2) is 0 Å². The van der Waals surface area contributed by atoms with Crippen LogP contribution in [0.3, 0.4) is 0 Å². The Hall–Kier alpha value is -2.69. The van der Waals surface area contributed by atoms with Gasteiger partial charge in [0.2, 0.25) is 23.6 Å². The largest absolute Gasteiger partial charge is 0.480 e. The third kappa shape index (κ3) is 10.2. The van der Waals surface area contributed by atoms with Crippen LogP contribution < -0.4 is 27.0 Å². The normalized spacial score (nSPS) is 16.5. The molecule has 0 bridgehead atoms. The van der Waals surface area contributed by atoms with Gasteiger partial charge in [0.25, 0.3) is 0 Å². The van der Waals surface area contributed by atoms with Crippen molar-refractivity contribution >= 4 is 29.6 Å². The van der Waals surface area contributed by atoms with Gasteiger partial charge in [-0.3, -0.25) is 24.0 Å². The monoisotopic (exact) mass is 471 g/mol. The Kier molecular flexibility index (Phi) is 13.3. The van der Waals surface area contributed by atoms with Crippen molar-refractivity contribution in [2.24, 2.45) is 23.5 Å². The molecular weight excluding hydrogens is 430 g/mol. The zero-order chi connectivity index (χ0) is 25.9. The van der Waals surface area contributed by atoms with Gasteiger partial charge in [0.05, 0.1) is 6.04 Å². The van der Waals surface area contributed by atoms with Crippen LogP contribution in [-0.2, 0) is 24.0 Å². The summed E-state index contributed by atoms with van der Waals surface area (Å²) in [5.74, 6) is -4.07. The van der Waals surface area contributed by atoms with E-state index in [4.69, 9.17) is 10.8 Å². The Balaban J connectivity index is 5.28. The number of nitrogens with one attached hydrogen (secondary N) is 4. The second-order valence-corrected chi connectivity index (χ2v) is 8.86. The molecule has 11 nitrogen and oxygen atoms in total. The maximum atomic E-state index is 12.9.